The second kappa shape index (κ2) is 10.00. The zero-order chi connectivity index (χ0) is 25.5. The molecule has 4 rings (SSSR count). The Bertz CT molecular complexity index is 1340. The molecule has 0 aliphatic heterocycles. The third-order valence-corrected chi connectivity index (χ3v) is 7.25. The highest BCUT2D eigenvalue weighted by Gasteiger charge is 2.67. The lowest BCUT2D eigenvalue weighted by atomic mass is 10.1. The van der Waals surface area contributed by atoms with Crippen LogP contribution in [0.3, 0.4) is 0 Å². The van der Waals surface area contributed by atoms with Gasteiger partial charge in [-0.1, -0.05) is 47.5 Å². The maximum atomic E-state index is 13.5. The van der Waals surface area contributed by atoms with Crippen LogP contribution in [0.15, 0.2) is 61.2 Å². The molecule has 0 bridgehead atoms. The van der Waals surface area contributed by atoms with Crippen molar-refractivity contribution in [2.45, 2.75) is 10.3 Å². The van der Waals surface area contributed by atoms with E-state index in [1.165, 1.54) is 36.4 Å². The topological polar surface area (TPSA) is 58.2 Å². The number of carbonyl (C=O) groups is 2. The zero-order valence-electron chi connectivity index (χ0n) is 17.7. The molecule has 4 nitrogen and oxygen atoms in total. The molecule has 2 N–H and O–H groups in total. The molecule has 1 aliphatic rings. The van der Waals surface area contributed by atoms with Crippen LogP contribution in [0.1, 0.15) is 27.4 Å². The maximum Gasteiger partial charge on any atom is 0.257 e. The number of alkyl halides is 2. The minimum absolute atomic E-state index is 0.0979. The number of carbonyl (C=O) groups excluding carboxylic acids is 2. The highest BCUT2D eigenvalue weighted by Crippen LogP contribution is 2.65. The summed E-state index contributed by atoms with van der Waals surface area (Å²) >= 11 is 31.2. The zero-order valence-corrected chi connectivity index (χ0v) is 21.5. The van der Waals surface area contributed by atoms with Gasteiger partial charge in [0.15, 0.2) is 0 Å². The summed E-state index contributed by atoms with van der Waals surface area (Å²) in [5.41, 5.74) is 1.81. The van der Waals surface area contributed by atoms with E-state index in [-0.39, 0.29) is 10.6 Å². The first-order chi connectivity index (χ1) is 16.5. The fourth-order valence-electron chi connectivity index (χ4n) is 3.83. The molecule has 35 heavy (non-hydrogen) atoms. The Morgan fingerprint density at radius 2 is 1.63 bits per heavy atom. The van der Waals surface area contributed by atoms with Crippen molar-refractivity contribution in [3.05, 3.63) is 98.8 Å². The molecule has 1 aliphatic carbocycles. The number of nitrogens with one attached hydrogen (secondary N) is 2. The maximum absolute atomic E-state index is 13.5. The van der Waals surface area contributed by atoms with E-state index >= 15 is 0 Å². The van der Waals surface area contributed by atoms with Gasteiger partial charge < -0.3 is 10.6 Å². The first-order valence-corrected chi connectivity index (χ1v) is 12.1. The summed E-state index contributed by atoms with van der Waals surface area (Å²) in [6, 6.07) is 13.2. The molecular formula is C25H16Cl5FN2O2. The predicted molar refractivity (Wildman–Crippen MR) is 142 cm³/mol. The van der Waals surface area contributed by atoms with E-state index in [9.17, 15) is 14.0 Å². The van der Waals surface area contributed by atoms with Crippen LogP contribution in [0.25, 0.3) is 6.08 Å². The lowest BCUT2D eigenvalue weighted by molar-refractivity contribution is -0.117. The summed E-state index contributed by atoms with van der Waals surface area (Å²) in [7, 11) is 0. The third-order valence-electron chi connectivity index (χ3n) is 5.54. The van der Waals surface area contributed by atoms with E-state index < -0.39 is 33.8 Å². The van der Waals surface area contributed by atoms with Gasteiger partial charge in [0.2, 0.25) is 5.91 Å². The van der Waals surface area contributed by atoms with Crippen molar-refractivity contribution in [1.82, 2.24) is 0 Å². The fraction of sp³-hybridized carbons (Fsp3) is 0.120. The van der Waals surface area contributed by atoms with Crippen LogP contribution < -0.4 is 10.6 Å². The average molecular weight is 573 g/mol. The van der Waals surface area contributed by atoms with Gasteiger partial charge in [0.1, 0.15) is 10.2 Å². The first-order valence-electron chi connectivity index (χ1n) is 10.2. The second-order valence-corrected chi connectivity index (χ2v) is 10.6. The van der Waals surface area contributed by atoms with E-state index in [1.54, 1.807) is 24.3 Å². The lowest BCUT2D eigenvalue weighted by Gasteiger charge is -2.12. The van der Waals surface area contributed by atoms with Gasteiger partial charge >= 0.3 is 0 Å². The van der Waals surface area contributed by atoms with Gasteiger partial charge in [-0.05, 0) is 60.2 Å². The van der Waals surface area contributed by atoms with Crippen LogP contribution in [0.4, 0.5) is 15.8 Å². The van der Waals surface area contributed by atoms with Crippen LogP contribution in [0.5, 0.6) is 0 Å². The molecule has 0 aromatic heterocycles. The smallest absolute Gasteiger partial charge is 0.257 e. The highest BCUT2D eigenvalue weighted by molar-refractivity contribution is 6.53. The molecule has 180 valence electrons. The summed E-state index contributed by atoms with van der Waals surface area (Å²) in [6.07, 6.45) is 1.42. The number of amides is 2. The van der Waals surface area contributed by atoms with Crippen molar-refractivity contribution in [3.63, 3.8) is 0 Å². The van der Waals surface area contributed by atoms with E-state index in [2.05, 4.69) is 17.2 Å². The molecule has 3 aromatic carbocycles. The number of hydrogen-bond donors (Lipinski definition) is 2. The van der Waals surface area contributed by atoms with Crippen molar-refractivity contribution in [3.8, 4) is 0 Å². The number of halogens is 6. The van der Waals surface area contributed by atoms with Crippen molar-refractivity contribution in [1.29, 1.82) is 0 Å². The van der Waals surface area contributed by atoms with Crippen LogP contribution in [0.2, 0.25) is 15.1 Å². The van der Waals surface area contributed by atoms with Gasteiger partial charge in [-0.15, -0.1) is 23.2 Å². The molecule has 0 spiro atoms. The molecule has 0 radical (unpaired) electrons. The molecule has 0 unspecified atom stereocenters. The summed E-state index contributed by atoms with van der Waals surface area (Å²) in [6.45, 7) is 3.62. The van der Waals surface area contributed by atoms with Gasteiger partial charge in [0.05, 0.1) is 16.5 Å². The van der Waals surface area contributed by atoms with Gasteiger partial charge in [0, 0.05) is 32.9 Å². The van der Waals surface area contributed by atoms with Gasteiger partial charge in [-0.25, -0.2) is 4.39 Å². The Morgan fingerprint density at radius 1 is 0.943 bits per heavy atom. The quantitative estimate of drug-likeness (QED) is 0.293. The molecular weight excluding hydrogens is 557 g/mol. The molecule has 10 heteroatoms. The second-order valence-electron chi connectivity index (χ2n) is 7.91. The molecule has 2 amide bonds. The van der Waals surface area contributed by atoms with Crippen molar-refractivity contribution < 1.29 is 14.0 Å². The summed E-state index contributed by atoms with van der Waals surface area (Å²) in [4.78, 5) is 25.9. The number of benzene rings is 3. The van der Waals surface area contributed by atoms with E-state index in [4.69, 9.17) is 58.0 Å². The number of hydrogen-bond acceptors (Lipinski definition) is 2. The summed E-state index contributed by atoms with van der Waals surface area (Å²) in [5, 5.41) is 6.36. The van der Waals surface area contributed by atoms with Crippen molar-refractivity contribution in [2.24, 2.45) is 5.92 Å². The predicted octanol–water partition coefficient (Wildman–Crippen LogP) is 8.21. The fourth-order valence-corrected chi connectivity index (χ4v) is 5.40. The highest BCUT2D eigenvalue weighted by atomic mass is 35.5. The van der Waals surface area contributed by atoms with Gasteiger partial charge in [-0.3, -0.25) is 9.59 Å². The molecule has 0 heterocycles. The molecule has 1 fully saturated rings. The standard InChI is InChI=1S/C25H16Cl5FN2O2/c1-2-12-9-16(31)3-6-20(12)33-23(34)18-11-17(4-5-19(18)28)32-24(35)22-21(25(22,29)30)13-7-14(26)10-15(27)8-13/h2-11,21-22H,1H2,(H,32,35)(H,33,34)/t21-,22+/m0/s1. The minimum Gasteiger partial charge on any atom is -0.326 e. The van der Waals surface area contributed by atoms with Crippen LogP contribution >= 0.6 is 58.0 Å². The SMILES string of the molecule is C=Cc1cc(F)ccc1NC(=O)c1cc(NC(=O)[C@H]2[C@H](c3cc(Cl)cc(Cl)c3)C2(Cl)Cl)ccc1Cl. The Kier molecular flexibility index (Phi) is 7.37. The van der Waals surface area contributed by atoms with Crippen molar-refractivity contribution in [2.75, 3.05) is 10.6 Å². The van der Waals surface area contributed by atoms with Crippen LogP contribution in [0, 0.1) is 11.7 Å². The Morgan fingerprint density at radius 3 is 2.29 bits per heavy atom. The number of anilines is 2. The summed E-state index contributed by atoms with van der Waals surface area (Å²) in [5.74, 6) is -2.76. The van der Waals surface area contributed by atoms with Crippen molar-refractivity contribution >= 4 is 87.3 Å². The molecule has 3 aromatic rings. The lowest BCUT2D eigenvalue weighted by Crippen LogP contribution is -2.18. The average Bonchev–Trinajstić information content (AvgIpc) is 3.37. The van der Waals surface area contributed by atoms with Gasteiger partial charge in [-0.2, -0.15) is 0 Å². The van der Waals surface area contributed by atoms with Crippen LogP contribution in [-0.4, -0.2) is 16.1 Å². The third kappa shape index (κ3) is 5.45. The molecule has 0 saturated heterocycles. The minimum atomic E-state index is -1.35. The van der Waals surface area contributed by atoms with E-state index in [1.807, 2.05) is 0 Å². The monoisotopic (exact) mass is 570 g/mol. The normalized spacial score (nSPS) is 18.0. The first kappa shape index (κ1) is 25.8. The van der Waals surface area contributed by atoms with Gasteiger partial charge in [0.25, 0.3) is 5.91 Å². The Balaban J connectivity index is 1.52. The van der Waals surface area contributed by atoms with E-state index in [0.29, 0.717) is 32.5 Å². The Hall–Kier alpha value is -2.28. The largest absolute Gasteiger partial charge is 0.326 e. The van der Waals surface area contributed by atoms with E-state index in [0.717, 1.165) is 0 Å². The van der Waals surface area contributed by atoms with Crippen LogP contribution in [-0.2, 0) is 4.79 Å². The Labute approximate surface area is 226 Å². The number of rotatable bonds is 6. The molecule has 1 saturated carbocycles. The molecule has 2 atom stereocenters. The summed E-state index contributed by atoms with van der Waals surface area (Å²) < 4.78 is 12.1.